The molecular weight excluding hydrogens is 138 g/mol. The zero-order valence-electron chi connectivity index (χ0n) is 7.64. The molecule has 1 aliphatic rings. The first kappa shape index (κ1) is 9.01. The number of hydrogen-bond donors (Lipinski definition) is 1. The molecule has 0 amide bonds. The number of likely N-dealkylation sites (tertiary alicyclic amines) is 1. The van der Waals surface area contributed by atoms with Gasteiger partial charge in [-0.2, -0.15) is 0 Å². The summed E-state index contributed by atoms with van der Waals surface area (Å²) in [4.78, 5) is 2.32. The van der Waals surface area contributed by atoms with E-state index >= 15 is 0 Å². The maximum absolute atomic E-state index is 9.95. The molecule has 0 spiro atoms. The zero-order valence-corrected chi connectivity index (χ0v) is 7.64. The minimum atomic E-state index is -0.356. The second-order valence-electron chi connectivity index (χ2n) is 3.59. The Hall–Kier alpha value is -0.0800. The highest BCUT2D eigenvalue weighted by Crippen LogP contribution is 2.25. The average molecular weight is 157 g/mol. The van der Waals surface area contributed by atoms with Crippen molar-refractivity contribution in [3.05, 3.63) is 0 Å². The van der Waals surface area contributed by atoms with Crippen LogP contribution in [0.5, 0.6) is 0 Å². The Labute approximate surface area is 69.2 Å². The van der Waals surface area contributed by atoms with Gasteiger partial charge in [0.05, 0.1) is 5.60 Å². The molecular formula is C9H19NO. The molecule has 1 aliphatic heterocycles. The van der Waals surface area contributed by atoms with Crippen molar-refractivity contribution in [3.63, 3.8) is 0 Å². The Morgan fingerprint density at radius 3 is 2.64 bits per heavy atom. The summed E-state index contributed by atoms with van der Waals surface area (Å²) in [5.41, 5.74) is -0.356. The van der Waals surface area contributed by atoms with Crippen LogP contribution in [0.2, 0.25) is 0 Å². The Bertz CT molecular complexity index is 127. The summed E-state index contributed by atoms with van der Waals surface area (Å²) in [6.45, 7) is 7.32. The summed E-state index contributed by atoms with van der Waals surface area (Å²) in [6.07, 6.45) is 3.02. The number of hydrogen-bond acceptors (Lipinski definition) is 2. The molecule has 1 saturated heterocycles. The first-order chi connectivity index (χ1) is 5.20. The van der Waals surface area contributed by atoms with E-state index in [-0.39, 0.29) is 5.60 Å². The highest BCUT2D eigenvalue weighted by Gasteiger charge is 2.33. The van der Waals surface area contributed by atoms with Crippen molar-refractivity contribution in [1.82, 2.24) is 4.90 Å². The van der Waals surface area contributed by atoms with E-state index < -0.39 is 0 Å². The highest BCUT2D eigenvalue weighted by atomic mass is 16.3. The van der Waals surface area contributed by atoms with E-state index in [9.17, 15) is 5.11 Å². The van der Waals surface area contributed by atoms with Crippen LogP contribution in [-0.4, -0.2) is 35.2 Å². The van der Waals surface area contributed by atoms with Crippen molar-refractivity contribution in [2.45, 2.75) is 38.7 Å². The number of aliphatic hydroxyl groups is 1. The van der Waals surface area contributed by atoms with E-state index in [1.807, 2.05) is 0 Å². The van der Waals surface area contributed by atoms with Crippen molar-refractivity contribution in [1.29, 1.82) is 0 Å². The van der Waals surface area contributed by atoms with Crippen LogP contribution in [0.15, 0.2) is 0 Å². The highest BCUT2D eigenvalue weighted by molar-refractivity contribution is 4.88. The van der Waals surface area contributed by atoms with Crippen LogP contribution in [0.1, 0.15) is 33.1 Å². The fourth-order valence-electron chi connectivity index (χ4n) is 1.88. The minimum Gasteiger partial charge on any atom is -0.389 e. The van der Waals surface area contributed by atoms with Gasteiger partial charge in [-0.25, -0.2) is 0 Å². The van der Waals surface area contributed by atoms with E-state index in [0.29, 0.717) is 0 Å². The van der Waals surface area contributed by atoms with Crippen LogP contribution < -0.4 is 0 Å². The van der Waals surface area contributed by atoms with Crippen molar-refractivity contribution in [2.24, 2.45) is 0 Å². The summed E-state index contributed by atoms with van der Waals surface area (Å²) < 4.78 is 0. The lowest BCUT2D eigenvalue weighted by Gasteiger charge is -2.21. The Morgan fingerprint density at radius 1 is 1.45 bits per heavy atom. The normalized spacial score (nSPS) is 33.0. The number of rotatable bonds is 3. The molecule has 0 aromatic carbocycles. The van der Waals surface area contributed by atoms with Crippen molar-refractivity contribution >= 4 is 0 Å². The van der Waals surface area contributed by atoms with Gasteiger partial charge in [0.2, 0.25) is 0 Å². The summed E-state index contributed by atoms with van der Waals surface area (Å²) in [5.74, 6) is 0. The summed E-state index contributed by atoms with van der Waals surface area (Å²) in [7, 11) is 0. The standard InChI is InChI=1S/C9H19NO/c1-3-5-9(11)6-7-10(4-2)8-9/h11H,3-8H2,1-2H3. The number of β-amino-alcohol motifs (C(OH)–C–C–N with tert-alkyl or cyclic N) is 1. The molecule has 0 bridgehead atoms. The monoisotopic (exact) mass is 157 g/mol. The first-order valence-electron chi connectivity index (χ1n) is 4.65. The van der Waals surface area contributed by atoms with E-state index in [2.05, 4.69) is 18.7 Å². The molecule has 0 aromatic rings. The van der Waals surface area contributed by atoms with Gasteiger partial charge in [-0.1, -0.05) is 20.3 Å². The van der Waals surface area contributed by atoms with Gasteiger partial charge in [0.25, 0.3) is 0 Å². The van der Waals surface area contributed by atoms with Crippen LogP contribution in [0.4, 0.5) is 0 Å². The Balaban J connectivity index is 2.37. The molecule has 1 rings (SSSR count). The molecule has 0 aliphatic carbocycles. The molecule has 1 fully saturated rings. The van der Waals surface area contributed by atoms with Crippen LogP contribution >= 0.6 is 0 Å². The molecule has 0 aromatic heterocycles. The molecule has 66 valence electrons. The fourth-order valence-corrected chi connectivity index (χ4v) is 1.88. The van der Waals surface area contributed by atoms with Gasteiger partial charge in [0.1, 0.15) is 0 Å². The zero-order chi connectivity index (χ0) is 8.32. The molecule has 2 heteroatoms. The first-order valence-corrected chi connectivity index (χ1v) is 4.65. The predicted molar refractivity (Wildman–Crippen MR) is 46.6 cm³/mol. The van der Waals surface area contributed by atoms with Crippen molar-refractivity contribution < 1.29 is 5.11 Å². The molecule has 1 unspecified atom stereocenters. The van der Waals surface area contributed by atoms with E-state index in [1.165, 1.54) is 0 Å². The minimum absolute atomic E-state index is 0.356. The fraction of sp³-hybridized carbons (Fsp3) is 1.00. The SMILES string of the molecule is CCCC1(O)CCN(CC)C1. The van der Waals surface area contributed by atoms with Crippen LogP contribution in [-0.2, 0) is 0 Å². The molecule has 0 saturated carbocycles. The van der Waals surface area contributed by atoms with Gasteiger partial charge >= 0.3 is 0 Å². The van der Waals surface area contributed by atoms with Gasteiger partial charge in [-0.3, -0.25) is 0 Å². The smallest absolute Gasteiger partial charge is 0.0786 e. The van der Waals surface area contributed by atoms with Gasteiger partial charge in [-0.15, -0.1) is 0 Å². The van der Waals surface area contributed by atoms with E-state index in [0.717, 1.165) is 38.9 Å². The third-order valence-electron chi connectivity index (χ3n) is 2.57. The van der Waals surface area contributed by atoms with Crippen molar-refractivity contribution in [3.8, 4) is 0 Å². The van der Waals surface area contributed by atoms with Gasteiger partial charge in [0.15, 0.2) is 0 Å². The van der Waals surface area contributed by atoms with Crippen LogP contribution in [0, 0.1) is 0 Å². The maximum atomic E-state index is 9.95. The Morgan fingerprint density at radius 2 is 2.18 bits per heavy atom. The van der Waals surface area contributed by atoms with Crippen LogP contribution in [0.3, 0.4) is 0 Å². The quantitative estimate of drug-likeness (QED) is 0.666. The average Bonchev–Trinajstić information content (AvgIpc) is 2.33. The third-order valence-corrected chi connectivity index (χ3v) is 2.57. The number of nitrogens with zero attached hydrogens (tertiary/aromatic N) is 1. The predicted octanol–water partition coefficient (Wildman–Crippen LogP) is 1.24. The Kier molecular flexibility index (Phi) is 2.90. The molecule has 1 N–H and O–H groups in total. The summed E-state index contributed by atoms with van der Waals surface area (Å²) >= 11 is 0. The lowest BCUT2D eigenvalue weighted by atomic mass is 9.98. The number of likely N-dealkylation sites (N-methyl/N-ethyl adjacent to an activating group) is 1. The van der Waals surface area contributed by atoms with Gasteiger partial charge in [-0.05, 0) is 19.4 Å². The lowest BCUT2D eigenvalue weighted by Crippen LogP contribution is -2.32. The molecule has 0 radical (unpaired) electrons. The summed E-state index contributed by atoms with van der Waals surface area (Å²) in [6, 6.07) is 0. The molecule has 1 heterocycles. The molecule has 1 atom stereocenters. The van der Waals surface area contributed by atoms with Crippen molar-refractivity contribution in [2.75, 3.05) is 19.6 Å². The molecule has 2 nitrogen and oxygen atoms in total. The molecule has 11 heavy (non-hydrogen) atoms. The second kappa shape index (κ2) is 3.55. The van der Waals surface area contributed by atoms with Crippen LogP contribution in [0.25, 0.3) is 0 Å². The van der Waals surface area contributed by atoms with E-state index in [4.69, 9.17) is 0 Å². The maximum Gasteiger partial charge on any atom is 0.0786 e. The largest absolute Gasteiger partial charge is 0.389 e. The van der Waals surface area contributed by atoms with Gasteiger partial charge < -0.3 is 10.0 Å². The van der Waals surface area contributed by atoms with E-state index in [1.54, 1.807) is 0 Å². The topological polar surface area (TPSA) is 23.5 Å². The second-order valence-corrected chi connectivity index (χ2v) is 3.59. The lowest BCUT2D eigenvalue weighted by molar-refractivity contribution is 0.0405. The summed E-state index contributed by atoms with van der Waals surface area (Å²) in [5, 5.41) is 9.95. The third kappa shape index (κ3) is 2.17. The van der Waals surface area contributed by atoms with Gasteiger partial charge in [0, 0.05) is 13.1 Å².